The van der Waals surface area contributed by atoms with Gasteiger partial charge in [0.2, 0.25) is 0 Å². The van der Waals surface area contributed by atoms with Gasteiger partial charge in [0.1, 0.15) is 11.3 Å². The third-order valence-corrected chi connectivity index (χ3v) is 5.63. The molecule has 4 heterocycles. The van der Waals surface area contributed by atoms with Crippen LogP contribution in [0.3, 0.4) is 0 Å². The average molecular weight is 440 g/mol. The second-order valence-electron chi connectivity index (χ2n) is 7.76. The first-order valence-corrected chi connectivity index (χ1v) is 10.3. The van der Waals surface area contributed by atoms with Gasteiger partial charge in [-0.05, 0) is 48.7 Å². The maximum atomic E-state index is 12.7. The number of halogens is 3. The molecule has 0 saturated carbocycles. The third-order valence-electron chi connectivity index (χ3n) is 5.63. The fourth-order valence-electron chi connectivity index (χ4n) is 3.96. The Morgan fingerprint density at radius 2 is 1.94 bits per heavy atom. The van der Waals surface area contributed by atoms with Crippen molar-refractivity contribution in [2.75, 3.05) is 6.54 Å². The topological polar surface area (TPSA) is 73.0 Å². The van der Waals surface area contributed by atoms with Gasteiger partial charge in [0.15, 0.2) is 5.69 Å². The molecule has 0 fully saturated rings. The van der Waals surface area contributed by atoms with Gasteiger partial charge in [-0.3, -0.25) is 9.36 Å². The van der Waals surface area contributed by atoms with Crippen molar-refractivity contribution in [1.29, 1.82) is 0 Å². The molecule has 0 saturated heterocycles. The molecule has 1 aliphatic rings. The van der Waals surface area contributed by atoms with E-state index in [1.165, 1.54) is 17.7 Å². The van der Waals surface area contributed by atoms with Crippen molar-refractivity contribution in [2.45, 2.75) is 32.0 Å². The van der Waals surface area contributed by atoms with Crippen LogP contribution in [0.4, 0.5) is 13.2 Å². The molecule has 0 aliphatic carbocycles. The molecule has 1 aromatic carbocycles. The number of hydrogen-bond acceptors (Lipinski definition) is 5. The Bertz CT molecular complexity index is 1340. The summed E-state index contributed by atoms with van der Waals surface area (Å²) in [6.45, 7) is 1.66. The lowest BCUT2D eigenvalue weighted by molar-refractivity contribution is -0.141. The van der Waals surface area contributed by atoms with Crippen LogP contribution in [0.15, 0.2) is 57.9 Å². The van der Waals surface area contributed by atoms with E-state index < -0.39 is 11.9 Å². The summed E-state index contributed by atoms with van der Waals surface area (Å²) >= 11 is 0. The molecule has 1 N–H and O–H groups in total. The molecule has 32 heavy (non-hydrogen) atoms. The minimum Gasteiger partial charge on any atom is -0.461 e. The zero-order valence-electron chi connectivity index (χ0n) is 16.9. The lowest BCUT2D eigenvalue weighted by atomic mass is 10.1. The van der Waals surface area contributed by atoms with Crippen molar-refractivity contribution in [2.24, 2.45) is 0 Å². The number of nitrogens with one attached hydrogen (secondary N) is 1. The Morgan fingerprint density at radius 3 is 2.69 bits per heavy atom. The van der Waals surface area contributed by atoms with E-state index in [1.807, 2.05) is 24.3 Å². The highest BCUT2D eigenvalue weighted by Crippen LogP contribution is 2.30. The number of aryl methyl sites for hydroxylation is 2. The molecule has 1 aliphatic heterocycles. The molecule has 0 unspecified atom stereocenters. The summed E-state index contributed by atoms with van der Waals surface area (Å²) in [5.41, 5.74) is 2.63. The standard InChI is InChI=1S/C23H19F3N4O2/c24-23(25,26)21-6-3-15(28-29-21)2-1-14-8-10-30(22(31)11-14)16-4-5-17-18-13-27-9-7-19(18)32-20(17)12-16/h3-6,8,10-12,27H,1-2,7,9,13H2. The minimum absolute atomic E-state index is 0.196. The van der Waals surface area contributed by atoms with Crippen molar-refractivity contribution in [3.8, 4) is 5.69 Å². The molecule has 0 atom stereocenters. The van der Waals surface area contributed by atoms with Crippen LogP contribution in [0.25, 0.3) is 16.7 Å². The van der Waals surface area contributed by atoms with E-state index >= 15 is 0 Å². The molecule has 0 spiro atoms. The molecule has 0 bridgehead atoms. The first kappa shape index (κ1) is 20.4. The third kappa shape index (κ3) is 3.91. The van der Waals surface area contributed by atoms with Crippen molar-refractivity contribution in [3.63, 3.8) is 0 Å². The van der Waals surface area contributed by atoms with Gasteiger partial charge in [-0.15, -0.1) is 5.10 Å². The van der Waals surface area contributed by atoms with Crippen LogP contribution in [0.5, 0.6) is 0 Å². The van der Waals surface area contributed by atoms with E-state index in [2.05, 4.69) is 15.5 Å². The fourth-order valence-corrected chi connectivity index (χ4v) is 3.96. The largest absolute Gasteiger partial charge is 0.461 e. The Hall–Kier alpha value is -3.46. The van der Waals surface area contributed by atoms with E-state index in [9.17, 15) is 18.0 Å². The zero-order chi connectivity index (χ0) is 22.3. The van der Waals surface area contributed by atoms with Gasteiger partial charge in [-0.2, -0.15) is 18.3 Å². The molecule has 5 rings (SSSR count). The lowest BCUT2D eigenvalue weighted by Crippen LogP contribution is -2.22. The van der Waals surface area contributed by atoms with Crippen LogP contribution in [0.1, 0.15) is 28.3 Å². The van der Waals surface area contributed by atoms with Crippen LogP contribution < -0.4 is 10.9 Å². The van der Waals surface area contributed by atoms with Gasteiger partial charge < -0.3 is 9.73 Å². The highest BCUT2D eigenvalue weighted by Gasteiger charge is 2.32. The number of rotatable bonds is 4. The summed E-state index contributed by atoms with van der Waals surface area (Å²) in [7, 11) is 0. The maximum Gasteiger partial charge on any atom is 0.435 e. The highest BCUT2D eigenvalue weighted by atomic mass is 19.4. The van der Waals surface area contributed by atoms with Gasteiger partial charge in [0, 0.05) is 48.8 Å². The van der Waals surface area contributed by atoms with Gasteiger partial charge in [0.25, 0.3) is 5.56 Å². The predicted molar refractivity (Wildman–Crippen MR) is 112 cm³/mol. The second kappa shape index (κ2) is 7.90. The molecule has 164 valence electrons. The van der Waals surface area contributed by atoms with Crippen molar-refractivity contribution < 1.29 is 17.6 Å². The summed E-state index contributed by atoms with van der Waals surface area (Å²) < 4.78 is 45.3. The van der Waals surface area contributed by atoms with Gasteiger partial charge in [-0.1, -0.05) is 0 Å². The van der Waals surface area contributed by atoms with E-state index in [-0.39, 0.29) is 5.56 Å². The number of fused-ring (bicyclic) bond motifs is 3. The van der Waals surface area contributed by atoms with E-state index in [0.717, 1.165) is 47.9 Å². The van der Waals surface area contributed by atoms with Crippen LogP contribution >= 0.6 is 0 Å². The van der Waals surface area contributed by atoms with E-state index in [0.29, 0.717) is 24.2 Å². The Kier molecular flexibility index (Phi) is 5.05. The summed E-state index contributed by atoms with van der Waals surface area (Å²) in [6, 6.07) is 11.3. The average Bonchev–Trinajstić information content (AvgIpc) is 3.15. The first-order chi connectivity index (χ1) is 15.4. The fraction of sp³-hybridized carbons (Fsp3) is 0.261. The van der Waals surface area contributed by atoms with Crippen LogP contribution in [0, 0.1) is 0 Å². The highest BCUT2D eigenvalue weighted by molar-refractivity contribution is 5.84. The minimum atomic E-state index is -4.51. The Balaban J connectivity index is 1.33. The second-order valence-corrected chi connectivity index (χ2v) is 7.76. The molecule has 0 amide bonds. The normalized spacial score (nSPS) is 14.0. The molecule has 9 heteroatoms. The molecular weight excluding hydrogens is 421 g/mol. The molecule has 4 aromatic rings. The Morgan fingerprint density at radius 1 is 1.06 bits per heavy atom. The number of nitrogens with zero attached hydrogens (tertiary/aromatic N) is 3. The lowest BCUT2D eigenvalue weighted by Gasteiger charge is -2.10. The predicted octanol–water partition coefficient (Wildman–Crippen LogP) is 3.82. The number of alkyl halides is 3. The maximum absolute atomic E-state index is 12.7. The summed E-state index contributed by atoms with van der Waals surface area (Å²) in [4.78, 5) is 12.7. The van der Waals surface area contributed by atoms with Gasteiger partial charge in [0.05, 0.1) is 11.4 Å². The Labute approximate surface area is 180 Å². The van der Waals surface area contributed by atoms with Crippen LogP contribution in [-0.2, 0) is 32.0 Å². The summed E-state index contributed by atoms with van der Waals surface area (Å²) in [5, 5.41) is 11.3. The number of benzene rings is 1. The SMILES string of the molecule is O=c1cc(CCc2ccc(C(F)(F)F)nn2)ccn1-c1ccc2c3c(oc2c1)CCNC3. The van der Waals surface area contributed by atoms with E-state index in [1.54, 1.807) is 10.8 Å². The van der Waals surface area contributed by atoms with Crippen molar-refractivity contribution in [3.05, 3.63) is 87.3 Å². The number of aromatic nitrogens is 3. The van der Waals surface area contributed by atoms with E-state index in [4.69, 9.17) is 4.42 Å². The summed E-state index contributed by atoms with van der Waals surface area (Å²) in [5.74, 6) is 0.991. The van der Waals surface area contributed by atoms with Crippen LogP contribution in [0.2, 0.25) is 0 Å². The smallest absolute Gasteiger partial charge is 0.435 e. The molecule has 0 radical (unpaired) electrons. The molecule has 3 aromatic heterocycles. The zero-order valence-corrected chi connectivity index (χ0v) is 16.9. The van der Waals surface area contributed by atoms with Crippen molar-refractivity contribution >= 4 is 11.0 Å². The number of hydrogen-bond donors (Lipinski definition) is 1. The first-order valence-electron chi connectivity index (χ1n) is 10.3. The summed E-state index contributed by atoms with van der Waals surface area (Å²) in [6.07, 6.45) is -1.12. The monoisotopic (exact) mass is 440 g/mol. The van der Waals surface area contributed by atoms with Crippen molar-refractivity contribution in [1.82, 2.24) is 20.1 Å². The van der Waals surface area contributed by atoms with Gasteiger partial charge in [-0.25, -0.2) is 0 Å². The number of pyridine rings is 1. The molecular formula is C23H19F3N4O2. The molecule has 6 nitrogen and oxygen atoms in total. The van der Waals surface area contributed by atoms with Crippen LogP contribution in [-0.4, -0.2) is 21.3 Å². The van der Waals surface area contributed by atoms with Gasteiger partial charge >= 0.3 is 6.18 Å². The number of furan rings is 1. The quantitative estimate of drug-likeness (QED) is 0.522.